The number of esters is 1. The molecule has 0 radical (unpaired) electrons. The van der Waals surface area contributed by atoms with Gasteiger partial charge in [-0.3, -0.25) is 4.79 Å². The van der Waals surface area contributed by atoms with E-state index in [0.717, 1.165) is 25.7 Å². The number of hydrogen-bond acceptors (Lipinski definition) is 6. The maximum Gasteiger partial charge on any atom is 0.338 e. The maximum absolute atomic E-state index is 13.0. The SMILES string of the molecule is C[C@H](OC(=O)c1ccc(Br)c(S(=O)(=O)N2CCOCC2)c1)C(=O)N[C@H]1CCCC[C@@H]1C. The molecule has 0 aromatic heterocycles. The van der Waals surface area contributed by atoms with E-state index in [1.54, 1.807) is 0 Å². The lowest BCUT2D eigenvalue weighted by Crippen LogP contribution is -2.46. The van der Waals surface area contributed by atoms with Crippen LogP contribution in [0.15, 0.2) is 27.6 Å². The van der Waals surface area contributed by atoms with Crippen LogP contribution in [0.4, 0.5) is 0 Å². The van der Waals surface area contributed by atoms with Crippen LogP contribution in [0.1, 0.15) is 49.9 Å². The van der Waals surface area contributed by atoms with E-state index in [2.05, 4.69) is 28.2 Å². The van der Waals surface area contributed by atoms with Crippen LogP contribution >= 0.6 is 15.9 Å². The van der Waals surface area contributed by atoms with E-state index in [-0.39, 0.29) is 35.5 Å². The number of morpholine rings is 1. The van der Waals surface area contributed by atoms with Crippen LogP contribution in [0, 0.1) is 5.92 Å². The number of hydrogen-bond donors (Lipinski definition) is 1. The van der Waals surface area contributed by atoms with Crippen LogP contribution in [0.2, 0.25) is 0 Å². The van der Waals surface area contributed by atoms with Crippen molar-refractivity contribution >= 4 is 37.8 Å². The molecule has 172 valence electrons. The van der Waals surface area contributed by atoms with Gasteiger partial charge in [0, 0.05) is 23.6 Å². The minimum absolute atomic E-state index is 0.0167. The summed E-state index contributed by atoms with van der Waals surface area (Å²) in [6, 6.07) is 4.34. The van der Waals surface area contributed by atoms with Crippen molar-refractivity contribution in [3.8, 4) is 0 Å². The second kappa shape index (κ2) is 10.4. The Morgan fingerprint density at radius 2 is 1.90 bits per heavy atom. The Morgan fingerprint density at radius 1 is 1.23 bits per heavy atom. The standard InChI is InChI=1S/C21H29BrN2O6S/c1-14-5-3-4-6-18(14)23-20(25)15(2)30-21(26)16-7-8-17(22)19(13-16)31(27,28)24-9-11-29-12-10-24/h7-8,13-15,18H,3-6,9-12H2,1-2H3,(H,23,25)/t14-,15-,18-/m0/s1. The Balaban J connectivity index is 1.68. The van der Waals surface area contributed by atoms with E-state index in [1.807, 2.05) is 0 Å². The zero-order chi connectivity index (χ0) is 22.6. The number of benzene rings is 1. The third-order valence-corrected chi connectivity index (χ3v) is 8.74. The van der Waals surface area contributed by atoms with Gasteiger partial charge in [0.25, 0.3) is 5.91 Å². The van der Waals surface area contributed by atoms with Crippen LogP contribution in [0.5, 0.6) is 0 Å². The maximum atomic E-state index is 13.0. The first kappa shape index (κ1) is 24.2. The smallest absolute Gasteiger partial charge is 0.338 e. The summed E-state index contributed by atoms with van der Waals surface area (Å²) in [5.41, 5.74) is 0.0701. The number of nitrogens with zero attached hydrogens (tertiary/aromatic N) is 1. The Labute approximate surface area is 191 Å². The number of rotatable bonds is 6. The summed E-state index contributed by atoms with van der Waals surface area (Å²) in [6.07, 6.45) is 3.24. The molecule has 0 bridgehead atoms. The third kappa shape index (κ3) is 5.85. The topological polar surface area (TPSA) is 102 Å². The summed E-state index contributed by atoms with van der Waals surface area (Å²) in [4.78, 5) is 25.1. The highest BCUT2D eigenvalue weighted by Crippen LogP contribution is 2.27. The first-order chi connectivity index (χ1) is 14.7. The van der Waals surface area contributed by atoms with Crippen LogP contribution in [-0.4, -0.2) is 63.0 Å². The molecule has 2 aliphatic rings. The minimum Gasteiger partial charge on any atom is -0.449 e. The number of halogens is 1. The fourth-order valence-corrected chi connectivity index (χ4v) is 6.23. The van der Waals surface area contributed by atoms with E-state index < -0.39 is 22.1 Å². The monoisotopic (exact) mass is 516 g/mol. The molecule has 3 rings (SSSR count). The zero-order valence-electron chi connectivity index (χ0n) is 17.8. The number of carbonyl (C=O) groups excluding carboxylic acids is 2. The normalized spacial score (nSPS) is 23.7. The number of sulfonamides is 1. The Morgan fingerprint density at radius 3 is 2.58 bits per heavy atom. The molecule has 1 heterocycles. The molecule has 1 aromatic carbocycles. The van der Waals surface area contributed by atoms with Crippen molar-refractivity contribution in [3.63, 3.8) is 0 Å². The molecule has 1 N–H and O–H groups in total. The van der Waals surface area contributed by atoms with Crippen LogP contribution in [0.3, 0.4) is 0 Å². The van der Waals surface area contributed by atoms with Gasteiger partial charge in [0.2, 0.25) is 10.0 Å². The lowest BCUT2D eigenvalue weighted by atomic mass is 9.86. The molecule has 1 saturated heterocycles. The predicted octanol–water partition coefficient (Wildman–Crippen LogP) is 2.71. The lowest BCUT2D eigenvalue weighted by Gasteiger charge is -2.30. The number of amides is 1. The highest BCUT2D eigenvalue weighted by Gasteiger charge is 2.30. The summed E-state index contributed by atoms with van der Waals surface area (Å²) in [7, 11) is -3.80. The highest BCUT2D eigenvalue weighted by molar-refractivity contribution is 9.10. The number of nitrogens with one attached hydrogen (secondary N) is 1. The van der Waals surface area contributed by atoms with Gasteiger partial charge in [-0.15, -0.1) is 0 Å². The number of ether oxygens (including phenoxy) is 2. The van der Waals surface area contributed by atoms with Gasteiger partial charge >= 0.3 is 5.97 Å². The fraction of sp³-hybridized carbons (Fsp3) is 0.619. The van der Waals surface area contributed by atoms with Gasteiger partial charge in [0.05, 0.1) is 23.7 Å². The Kier molecular flexibility index (Phi) is 8.12. The zero-order valence-corrected chi connectivity index (χ0v) is 20.2. The first-order valence-corrected chi connectivity index (χ1v) is 12.8. The van der Waals surface area contributed by atoms with Gasteiger partial charge < -0.3 is 14.8 Å². The van der Waals surface area contributed by atoms with E-state index in [4.69, 9.17) is 9.47 Å². The molecule has 0 spiro atoms. The predicted molar refractivity (Wildman–Crippen MR) is 118 cm³/mol. The van der Waals surface area contributed by atoms with Crippen molar-refractivity contribution in [1.29, 1.82) is 0 Å². The van der Waals surface area contributed by atoms with Crippen molar-refractivity contribution in [2.45, 2.75) is 56.6 Å². The van der Waals surface area contributed by atoms with E-state index in [1.165, 1.54) is 29.4 Å². The number of carbonyl (C=O) groups is 2. The van der Waals surface area contributed by atoms with E-state index in [9.17, 15) is 18.0 Å². The third-order valence-electron chi connectivity index (χ3n) is 5.85. The second-order valence-corrected chi connectivity index (χ2v) is 10.8. The van der Waals surface area contributed by atoms with Gasteiger partial charge in [0.15, 0.2) is 6.10 Å². The van der Waals surface area contributed by atoms with Crippen molar-refractivity contribution in [2.75, 3.05) is 26.3 Å². The molecular formula is C21H29BrN2O6S. The van der Waals surface area contributed by atoms with Crippen LogP contribution < -0.4 is 5.32 Å². The minimum atomic E-state index is -3.80. The van der Waals surface area contributed by atoms with E-state index in [0.29, 0.717) is 23.6 Å². The van der Waals surface area contributed by atoms with Crippen LogP contribution in [0.25, 0.3) is 0 Å². The lowest BCUT2D eigenvalue weighted by molar-refractivity contribution is -0.130. The van der Waals surface area contributed by atoms with Crippen molar-refractivity contribution < 1.29 is 27.5 Å². The van der Waals surface area contributed by atoms with Crippen molar-refractivity contribution in [3.05, 3.63) is 28.2 Å². The van der Waals surface area contributed by atoms with Crippen molar-refractivity contribution in [2.24, 2.45) is 5.92 Å². The molecular weight excluding hydrogens is 488 g/mol. The Hall–Kier alpha value is -1.49. The molecule has 8 nitrogen and oxygen atoms in total. The molecule has 1 aliphatic carbocycles. The molecule has 1 saturated carbocycles. The summed E-state index contributed by atoms with van der Waals surface area (Å²) < 4.78 is 38.2. The highest BCUT2D eigenvalue weighted by atomic mass is 79.9. The van der Waals surface area contributed by atoms with Gasteiger partial charge in [-0.25, -0.2) is 13.2 Å². The van der Waals surface area contributed by atoms with Gasteiger partial charge in [0.1, 0.15) is 0 Å². The van der Waals surface area contributed by atoms with Gasteiger partial charge in [-0.05, 0) is 59.8 Å². The molecule has 1 aliphatic heterocycles. The fourth-order valence-electron chi connectivity index (χ4n) is 3.87. The quantitative estimate of drug-likeness (QED) is 0.583. The molecule has 1 aromatic rings. The van der Waals surface area contributed by atoms with Crippen molar-refractivity contribution in [1.82, 2.24) is 9.62 Å². The first-order valence-electron chi connectivity index (χ1n) is 10.6. The average molecular weight is 517 g/mol. The molecule has 2 fully saturated rings. The summed E-state index contributed by atoms with van der Waals surface area (Å²) >= 11 is 3.26. The van der Waals surface area contributed by atoms with Crippen LogP contribution in [-0.2, 0) is 24.3 Å². The van der Waals surface area contributed by atoms with Gasteiger partial charge in [-0.2, -0.15) is 4.31 Å². The Bertz CT molecular complexity index is 916. The molecule has 10 heteroatoms. The molecule has 3 atom stereocenters. The molecule has 0 unspecified atom stereocenters. The summed E-state index contributed by atoms with van der Waals surface area (Å²) in [6.45, 7) is 4.78. The summed E-state index contributed by atoms with van der Waals surface area (Å²) in [5.74, 6) is -0.698. The summed E-state index contributed by atoms with van der Waals surface area (Å²) in [5, 5.41) is 2.97. The van der Waals surface area contributed by atoms with Gasteiger partial charge in [-0.1, -0.05) is 19.8 Å². The second-order valence-electron chi connectivity index (χ2n) is 8.09. The average Bonchev–Trinajstić information content (AvgIpc) is 2.76. The van der Waals surface area contributed by atoms with E-state index >= 15 is 0 Å². The largest absolute Gasteiger partial charge is 0.449 e. The molecule has 31 heavy (non-hydrogen) atoms. The molecule has 1 amide bonds.